The standard InChI is InChI=1S/C27H28N2O4S/c1-4-15-33-21-12-8-11-20(16-21)23-22(24(30)26-17(2)28-18(3)34-26)25(31)27(32)29(23)14-13-19-9-6-5-7-10-19/h5-12,16,23,31H,4,13-15H2,1-3H3. The van der Waals surface area contributed by atoms with Crippen LogP contribution in [0, 0.1) is 13.8 Å². The van der Waals surface area contributed by atoms with Gasteiger partial charge in [0.1, 0.15) is 5.75 Å². The minimum atomic E-state index is -0.712. The Kier molecular flexibility index (Phi) is 7.12. The number of benzene rings is 2. The first kappa shape index (κ1) is 23.7. The zero-order chi connectivity index (χ0) is 24.2. The average Bonchev–Trinajstić information content (AvgIpc) is 3.31. The first-order chi connectivity index (χ1) is 16.4. The van der Waals surface area contributed by atoms with Crippen molar-refractivity contribution >= 4 is 23.0 Å². The van der Waals surface area contributed by atoms with Crippen LogP contribution in [0.5, 0.6) is 5.75 Å². The molecule has 1 N–H and O–H groups in total. The Balaban J connectivity index is 1.74. The van der Waals surface area contributed by atoms with E-state index in [1.807, 2.05) is 68.4 Å². The summed E-state index contributed by atoms with van der Waals surface area (Å²) in [4.78, 5) is 33.3. The van der Waals surface area contributed by atoms with Crippen LogP contribution in [-0.2, 0) is 11.2 Å². The van der Waals surface area contributed by atoms with Crippen LogP contribution in [0.15, 0.2) is 65.9 Å². The minimum absolute atomic E-state index is 0.0949. The number of amides is 1. The summed E-state index contributed by atoms with van der Waals surface area (Å²) < 4.78 is 5.80. The van der Waals surface area contributed by atoms with Gasteiger partial charge in [0.25, 0.3) is 5.91 Å². The lowest BCUT2D eigenvalue weighted by molar-refractivity contribution is -0.129. The molecule has 176 valence electrons. The van der Waals surface area contributed by atoms with Crippen molar-refractivity contribution in [2.75, 3.05) is 13.2 Å². The van der Waals surface area contributed by atoms with Crippen LogP contribution in [0.25, 0.3) is 0 Å². The molecular formula is C27H28N2O4S. The van der Waals surface area contributed by atoms with Crippen LogP contribution >= 0.6 is 11.3 Å². The first-order valence-electron chi connectivity index (χ1n) is 11.4. The van der Waals surface area contributed by atoms with Gasteiger partial charge in [0, 0.05) is 6.54 Å². The Morgan fingerprint density at radius 2 is 1.91 bits per heavy atom. The fourth-order valence-electron chi connectivity index (χ4n) is 4.22. The predicted molar refractivity (Wildman–Crippen MR) is 132 cm³/mol. The third-order valence-corrected chi connectivity index (χ3v) is 6.86. The van der Waals surface area contributed by atoms with E-state index in [0.29, 0.717) is 35.9 Å². The highest BCUT2D eigenvalue weighted by molar-refractivity contribution is 7.14. The molecular weight excluding hydrogens is 448 g/mol. The zero-order valence-corrected chi connectivity index (χ0v) is 20.4. The molecule has 7 heteroatoms. The summed E-state index contributed by atoms with van der Waals surface area (Å²) in [6.07, 6.45) is 1.46. The average molecular weight is 477 g/mol. The minimum Gasteiger partial charge on any atom is -0.503 e. The maximum absolute atomic E-state index is 13.6. The largest absolute Gasteiger partial charge is 0.503 e. The number of aliphatic hydroxyl groups excluding tert-OH is 1. The van der Waals surface area contributed by atoms with E-state index in [4.69, 9.17) is 4.74 Å². The van der Waals surface area contributed by atoms with Gasteiger partial charge in [0.15, 0.2) is 5.76 Å². The fraction of sp³-hybridized carbons (Fsp3) is 0.296. The van der Waals surface area contributed by atoms with Gasteiger partial charge in [-0.1, -0.05) is 49.4 Å². The van der Waals surface area contributed by atoms with Crippen molar-refractivity contribution in [3.05, 3.63) is 92.6 Å². The summed E-state index contributed by atoms with van der Waals surface area (Å²) in [7, 11) is 0. The SMILES string of the molecule is CCCOc1cccc(C2C(C(=O)c3sc(C)nc3C)=C(O)C(=O)N2CCc2ccccc2)c1. The molecule has 1 aromatic heterocycles. The van der Waals surface area contributed by atoms with Gasteiger partial charge in [-0.3, -0.25) is 9.59 Å². The van der Waals surface area contributed by atoms with E-state index >= 15 is 0 Å². The second-order valence-electron chi connectivity index (χ2n) is 8.30. The maximum atomic E-state index is 13.6. The highest BCUT2D eigenvalue weighted by Gasteiger charge is 2.44. The summed E-state index contributed by atoms with van der Waals surface area (Å²) in [5, 5.41) is 11.7. The molecule has 6 nitrogen and oxygen atoms in total. The van der Waals surface area contributed by atoms with Gasteiger partial charge in [0.2, 0.25) is 5.78 Å². The molecule has 0 aliphatic carbocycles. The van der Waals surface area contributed by atoms with E-state index < -0.39 is 17.7 Å². The number of hydrogen-bond donors (Lipinski definition) is 1. The van der Waals surface area contributed by atoms with Crippen molar-refractivity contribution in [1.82, 2.24) is 9.88 Å². The van der Waals surface area contributed by atoms with Crippen LogP contribution in [-0.4, -0.2) is 39.8 Å². The van der Waals surface area contributed by atoms with Crippen LogP contribution in [0.4, 0.5) is 0 Å². The zero-order valence-electron chi connectivity index (χ0n) is 19.6. The number of carbonyl (C=O) groups is 2. The molecule has 1 aliphatic heterocycles. The van der Waals surface area contributed by atoms with Crippen LogP contribution in [0.3, 0.4) is 0 Å². The molecule has 34 heavy (non-hydrogen) atoms. The van der Waals surface area contributed by atoms with Gasteiger partial charge in [-0.15, -0.1) is 11.3 Å². The maximum Gasteiger partial charge on any atom is 0.290 e. The topological polar surface area (TPSA) is 79.7 Å². The number of aromatic nitrogens is 1. The van der Waals surface area contributed by atoms with Gasteiger partial charge in [0.05, 0.1) is 33.8 Å². The number of ether oxygens (including phenoxy) is 1. The molecule has 1 aliphatic rings. The van der Waals surface area contributed by atoms with E-state index in [0.717, 1.165) is 22.6 Å². The molecule has 0 radical (unpaired) electrons. The molecule has 4 rings (SSSR count). The molecule has 0 saturated carbocycles. The van der Waals surface area contributed by atoms with E-state index in [9.17, 15) is 14.7 Å². The predicted octanol–water partition coefficient (Wildman–Crippen LogP) is 5.37. The lowest BCUT2D eigenvalue weighted by Gasteiger charge is -2.27. The van der Waals surface area contributed by atoms with Crippen LogP contribution in [0.1, 0.15) is 50.9 Å². The molecule has 2 aromatic carbocycles. The third-order valence-electron chi connectivity index (χ3n) is 5.79. The number of aryl methyl sites for hydroxylation is 2. The van der Waals surface area contributed by atoms with Gasteiger partial charge >= 0.3 is 0 Å². The molecule has 1 unspecified atom stereocenters. The summed E-state index contributed by atoms with van der Waals surface area (Å²) in [5.74, 6) is -0.727. The van der Waals surface area contributed by atoms with E-state index in [-0.39, 0.29) is 11.4 Å². The summed E-state index contributed by atoms with van der Waals surface area (Å²) in [5.41, 5.74) is 2.49. The molecule has 1 amide bonds. The molecule has 0 fully saturated rings. The van der Waals surface area contributed by atoms with Crippen molar-refractivity contribution in [3.63, 3.8) is 0 Å². The lowest BCUT2D eigenvalue weighted by atomic mass is 9.94. The highest BCUT2D eigenvalue weighted by Crippen LogP contribution is 2.41. The van der Waals surface area contributed by atoms with E-state index in [2.05, 4.69) is 4.98 Å². The summed E-state index contributed by atoms with van der Waals surface area (Å²) >= 11 is 1.28. The monoisotopic (exact) mass is 476 g/mol. The number of Topliss-reactive ketones (excluding diaryl/α,β-unsaturated/α-hetero) is 1. The number of carbonyl (C=O) groups excluding carboxylic acids is 2. The lowest BCUT2D eigenvalue weighted by Crippen LogP contribution is -2.33. The summed E-state index contributed by atoms with van der Waals surface area (Å²) in [6, 6.07) is 16.5. The normalized spacial score (nSPS) is 15.8. The molecule has 2 heterocycles. The quantitative estimate of drug-likeness (QED) is 0.420. The van der Waals surface area contributed by atoms with Crippen LogP contribution < -0.4 is 4.74 Å². The Bertz CT molecular complexity index is 1230. The van der Waals surface area contributed by atoms with Crippen molar-refractivity contribution in [2.45, 2.75) is 39.7 Å². The Labute approximate surface area is 203 Å². The second kappa shape index (κ2) is 10.2. The van der Waals surface area contributed by atoms with E-state index in [1.165, 1.54) is 11.3 Å². The fourth-order valence-corrected chi connectivity index (χ4v) is 5.09. The Morgan fingerprint density at radius 3 is 2.59 bits per heavy atom. The van der Waals surface area contributed by atoms with Crippen molar-refractivity contribution in [3.8, 4) is 5.75 Å². The Hall–Kier alpha value is -3.45. The smallest absolute Gasteiger partial charge is 0.290 e. The highest BCUT2D eigenvalue weighted by atomic mass is 32.1. The number of thiazole rings is 1. The van der Waals surface area contributed by atoms with Crippen LogP contribution in [0.2, 0.25) is 0 Å². The number of hydrogen-bond acceptors (Lipinski definition) is 6. The molecule has 1 atom stereocenters. The van der Waals surface area contributed by atoms with Crippen molar-refractivity contribution in [2.24, 2.45) is 0 Å². The summed E-state index contributed by atoms with van der Waals surface area (Å²) in [6.45, 7) is 6.56. The number of aliphatic hydroxyl groups is 1. The molecule has 3 aromatic rings. The van der Waals surface area contributed by atoms with Gasteiger partial charge < -0.3 is 14.7 Å². The number of ketones is 1. The van der Waals surface area contributed by atoms with Gasteiger partial charge in [-0.2, -0.15) is 0 Å². The second-order valence-corrected chi connectivity index (χ2v) is 9.50. The Morgan fingerprint density at radius 1 is 1.15 bits per heavy atom. The van der Waals surface area contributed by atoms with Crippen molar-refractivity contribution in [1.29, 1.82) is 0 Å². The molecule has 0 saturated heterocycles. The number of rotatable bonds is 9. The molecule has 0 bridgehead atoms. The number of nitrogens with zero attached hydrogens (tertiary/aromatic N) is 2. The van der Waals surface area contributed by atoms with Gasteiger partial charge in [-0.25, -0.2) is 4.98 Å². The third kappa shape index (κ3) is 4.75. The van der Waals surface area contributed by atoms with E-state index in [1.54, 1.807) is 11.8 Å². The van der Waals surface area contributed by atoms with Crippen molar-refractivity contribution < 1.29 is 19.4 Å². The van der Waals surface area contributed by atoms with Gasteiger partial charge in [-0.05, 0) is 49.9 Å². The first-order valence-corrected chi connectivity index (χ1v) is 12.2. The molecule has 0 spiro atoms.